The van der Waals surface area contributed by atoms with Gasteiger partial charge in [0, 0.05) is 24.0 Å². The number of nitrogens with one attached hydrogen (secondary N) is 3. The fourth-order valence-corrected chi connectivity index (χ4v) is 2.95. The van der Waals surface area contributed by atoms with Crippen LogP contribution in [-0.4, -0.2) is 33.5 Å². The molecule has 9 nitrogen and oxygen atoms in total. The van der Waals surface area contributed by atoms with Crippen LogP contribution in [0.2, 0.25) is 0 Å². The van der Waals surface area contributed by atoms with E-state index in [2.05, 4.69) is 26.0 Å². The van der Waals surface area contributed by atoms with Gasteiger partial charge >= 0.3 is 0 Å². The number of nitrogens with zero attached hydrogens (tertiary/aromatic N) is 3. The molecule has 0 spiro atoms. The summed E-state index contributed by atoms with van der Waals surface area (Å²) in [4.78, 5) is 28.1. The number of aromatic nitrogens is 3. The van der Waals surface area contributed by atoms with E-state index >= 15 is 0 Å². The van der Waals surface area contributed by atoms with Crippen molar-refractivity contribution in [3.05, 3.63) is 72.6 Å². The van der Waals surface area contributed by atoms with Crippen LogP contribution in [0.15, 0.2) is 66.9 Å². The quantitative estimate of drug-likeness (QED) is 0.442. The van der Waals surface area contributed by atoms with Crippen LogP contribution in [0.3, 0.4) is 0 Å². The lowest BCUT2D eigenvalue weighted by Crippen LogP contribution is -2.15. The Bertz CT molecular complexity index is 1230. The van der Waals surface area contributed by atoms with Crippen molar-refractivity contribution in [2.75, 3.05) is 23.1 Å². The highest BCUT2D eigenvalue weighted by Crippen LogP contribution is 2.20. The molecule has 0 aliphatic carbocycles. The number of hydrogen-bond acceptors (Lipinski definition) is 6. The van der Waals surface area contributed by atoms with Gasteiger partial charge in [-0.05, 0) is 60.7 Å². The van der Waals surface area contributed by atoms with Gasteiger partial charge in [-0.15, -0.1) is 5.10 Å². The standard InChI is InChI=1S/C22H20N6O3/c1-14(29)24-15-3-5-17(6-4-15)26-22(30)19-13-23-21-12-11-20(27-28(19)21)25-16-7-9-18(31-2)10-8-16/h3-13H,1-2H3,(H,24,29)(H,25,27)(H,26,30). The van der Waals surface area contributed by atoms with Gasteiger partial charge in [-0.2, -0.15) is 0 Å². The van der Waals surface area contributed by atoms with Crippen LogP contribution < -0.4 is 20.7 Å². The Hall–Kier alpha value is -4.40. The third kappa shape index (κ3) is 4.61. The van der Waals surface area contributed by atoms with Crippen molar-refractivity contribution in [1.29, 1.82) is 0 Å². The van der Waals surface area contributed by atoms with E-state index in [0.29, 0.717) is 28.5 Å². The Balaban J connectivity index is 1.52. The fourth-order valence-electron chi connectivity index (χ4n) is 2.95. The van der Waals surface area contributed by atoms with Gasteiger partial charge in [0.15, 0.2) is 17.2 Å². The molecule has 2 aromatic heterocycles. The molecule has 0 aliphatic heterocycles. The smallest absolute Gasteiger partial charge is 0.276 e. The van der Waals surface area contributed by atoms with E-state index in [9.17, 15) is 9.59 Å². The average Bonchev–Trinajstić information content (AvgIpc) is 3.19. The Labute approximate surface area is 178 Å². The molecule has 156 valence electrons. The summed E-state index contributed by atoms with van der Waals surface area (Å²) in [7, 11) is 1.61. The van der Waals surface area contributed by atoms with Gasteiger partial charge < -0.3 is 20.7 Å². The second-order valence-electron chi connectivity index (χ2n) is 6.70. The lowest BCUT2D eigenvalue weighted by molar-refractivity contribution is -0.114. The summed E-state index contributed by atoms with van der Waals surface area (Å²) in [6, 6.07) is 17.8. The number of anilines is 4. The van der Waals surface area contributed by atoms with Gasteiger partial charge in [-0.25, -0.2) is 9.50 Å². The van der Waals surface area contributed by atoms with E-state index in [1.165, 1.54) is 17.6 Å². The maximum absolute atomic E-state index is 12.8. The minimum Gasteiger partial charge on any atom is -0.497 e. The van der Waals surface area contributed by atoms with Gasteiger partial charge in [0.1, 0.15) is 5.75 Å². The van der Waals surface area contributed by atoms with Crippen LogP contribution in [-0.2, 0) is 4.79 Å². The molecule has 2 aromatic carbocycles. The first-order valence-corrected chi connectivity index (χ1v) is 9.47. The molecule has 0 bridgehead atoms. The Morgan fingerprint density at radius 3 is 2.16 bits per heavy atom. The van der Waals surface area contributed by atoms with Crippen molar-refractivity contribution >= 4 is 40.3 Å². The van der Waals surface area contributed by atoms with Crippen LogP contribution in [0.4, 0.5) is 22.9 Å². The molecule has 0 atom stereocenters. The van der Waals surface area contributed by atoms with E-state index in [1.807, 2.05) is 24.3 Å². The van der Waals surface area contributed by atoms with Crippen molar-refractivity contribution in [1.82, 2.24) is 14.6 Å². The summed E-state index contributed by atoms with van der Waals surface area (Å²) in [5, 5.41) is 13.2. The highest BCUT2D eigenvalue weighted by atomic mass is 16.5. The number of imidazole rings is 1. The number of ether oxygens (including phenoxy) is 1. The summed E-state index contributed by atoms with van der Waals surface area (Å²) < 4.78 is 6.64. The second-order valence-corrected chi connectivity index (χ2v) is 6.70. The zero-order valence-corrected chi connectivity index (χ0v) is 16.9. The number of carbonyl (C=O) groups excluding carboxylic acids is 2. The minimum absolute atomic E-state index is 0.160. The number of methoxy groups -OCH3 is 1. The molecule has 0 saturated carbocycles. The van der Waals surface area contributed by atoms with Gasteiger partial charge in [0.05, 0.1) is 13.3 Å². The number of fused-ring (bicyclic) bond motifs is 1. The third-order valence-electron chi connectivity index (χ3n) is 4.42. The number of hydrogen-bond donors (Lipinski definition) is 3. The molecule has 2 amide bonds. The molecule has 0 fully saturated rings. The number of rotatable bonds is 6. The van der Waals surface area contributed by atoms with E-state index in [0.717, 1.165) is 11.4 Å². The van der Waals surface area contributed by atoms with Crippen LogP contribution in [0.25, 0.3) is 5.65 Å². The predicted octanol–water partition coefficient (Wildman–Crippen LogP) is 3.69. The predicted molar refractivity (Wildman–Crippen MR) is 118 cm³/mol. The zero-order valence-electron chi connectivity index (χ0n) is 16.9. The van der Waals surface area contributed by atoms with Gasteiger partial charge in [-0.3, -0.25) is 9.59 Å². The van der Waals surface area contributed by atoms with E-state index in [-0.39, 0.29) is 11.8 Å². The van der Waals surface area contributed by atoms with E-state index in [4.69, 9.17) is 4.74 Å². The third-order valence-corrected chi connectivity index (χ3v) is 4.42. The largest absolute Gasteiger partial charge is 0.497 e. The van der Waals surface area contributed by atoms with Crippen LogP contribution in [0, 0.1) is 0 Å². The molecule has 3 N–H and O–H groups in total. The molecule has 0 saturated heterocycles. The molecular formula is C22H20N6O3. The number of amides is 2. The average molecular weight is 416 g/mol. The monoisotopic (exact) mass is 416 g/mol. The van der Waals surface area contributed by atoms with Crippen molar-refractivity contribution in [3.63, 3.8) is 0 Å². The molecule has 4 rings (SSSR count). The van der Waals surface area contributed by atoms with Gasteiger partial charge in [0.2, 0.25) is 5.91 Å². The first kappa shape index (κ1) is 19.9. The van der Waals surface area contributed by atoms with E-state index < -0.39 is 0 Å². The van der Waals surface area contributed by atoms with E-state index in [1.54, 1.807) is 43.5 Å². The molecule has 2 heterocycles. The Morgan fingerprint density at radius 2 is 1.52 bits per heavy atom. The van der Waals surface area contributed by atoms with Gasteiger partial charge in [0.25, 0.3) is 5.91 Å². The highest BCUT2D eigenvalue weighted by molar-refractivity contribution is 6.03. The van der Waals surface area contributed by atoms with Crippen molar-refractivity contribution in [2.45, 2.75) is 6.92 Å². The van der Waals surface area contributed by atoms with Crippen LogP contribution >= 0.6 is 0 Å². The maximum Gasteiger partial charge on any atom is 0.276 e. The first-order chi connectivity index (χ1) is 15.0. The molecule has 4 aromatic rings. The topological polar surface area (TPSA) is 110 Å². The maximum atomic E-state index is 12.8. The zero-order chi connectivity index (χ0) is 21.8. The van der Waals surface area contributed by atoms with Crippen LogP contribution in [0.1, 0.15) is 17.4 Å². The Morgan fingerprint density at radius 1 is 0.871 bits per heavy atom. The SMILES string of the molecule is COc1ccc(Nc2ccc3ncc(C(=O)Nc4ccc(NC(C)=O)cc4)n3n2)cc1. The number of benzene rings is 2. The second kappa shape index (κ2) is 8.54. The number of carbonyl (C=O) groups is 2. The lowest BCUT2D eigenvalue weighted by atomic mass is 10.2. The molecule has 0 radical (unpaired) electrons. The molecule has 9 heteroatoms. The first-order valence-electron chi connectivity index (χ1n) is 9.47. The summed E-state index contributed by atoms with van der Waals surface area (Å²) in [6.45, 7) is 1.44. The summed E-state index contributed by atoms with van der Waals surface area (Å²) in [5.41, 5.74) is 2.90. The van der Waals surface area contributed by atoms with Crippen LogP contribution in [0.5, 0.6) is 5.75 Å². The minimum atomic E-state index is -0.353. The highest BCUT2D eigenvalue weighted by Gasteiger charge is 2.14. The van der Waals surface area contributed by atoms with Gasteiger partial charge in [-0.1, -0.05) is 0 Å². The normalized spacial score (nSPS) is 10.5. The molecular weight excluding hydrogens is 396 g/mol. The fraction of sp³-hybridized carbons (Fsp3) is 0.0909. The summed E-state index contributed by atoms with van der Waals surface area (Å²) >= 11 is 0. The molecule has 0 aliphatic rings. The molecule has 0 unspecified atom stereocenters. The molecule has 31 heavy (non-hydrogen) atoms. The van der Waals surface area contributed by atoms with Crippen molar-refractivity contribution in [2.24, 2.45) is 0 Å². The summed E-state index contributed by atoms with van der Waals surface area (Å²) in [5.74, 6) is 0.804. The lowest BCUT2D eigenvalue weighted by Gasteiger charge is -2.09. The Kier molecular flexibility index (Phi) is 5.48. The van der Waals surface area contributed by atoms with Crippen molar-refractivity contribution in [3.8, 4) is 5.75 Å². The van der Waals surface area contributed by atoms with Crippen molar-refractivity contribution < 1.29 is 14.3 Å². The summed E-state index contributed by atoms with van der Waals surface area (Å²) in [6.07, 6.45) is 1.47.